The molecule has 1 heterocycles. The van der Waals surface area contributed by atoms with E-state index < -0.39 is 5.97 Å². The van der Waals surface area contributed by atoms with Gasteiger partial charge in [0, 0.05) is 10.0 Å². The standard InChI is InChI=1S/C24H18BrNO4/c1-28-20-12-6-18(7-13-20)23-26-22(24(27)30-23)14-16-4-10-21(11-5-16)29-15-17-2-8-19(25)9-3-17/h2-14H,15H2,1H3. The van der Waals surface area contributed by atoms with Crippen LogP contribution in [0, 0.1) is 0 Å². The van der Waals surface area contributed by atoms with Gasteiger partial charge in [0.2, 0.25) is 5.90 Å². The Morgan fingerprint density at radius 2 is 1.60 bits per heavy atom. The quantitative estimate of drug-likeness (QED) is 0.363. The molecule has 150 valence electrons. The molecule has 0 fully saturated rings. The smallest absolute Gasteiger partial charge is 0.363 e. The third-order valence-corrected chi connectivity index (χ3v) is 4.99. The molecule has 3 aromatic rings. The van der Waals surface area contributed by atoms with E-state index in [0.717, 1.165) is 27.1 Å². The molecule has 30 heavy (non-hydrogen) atoms. The lowest BCUT2D eigenvalue weighted by Gasteiger charge is -2.06. The van der Waals surface area contributed by atoms with Crippen LogP contribution in [0.2, 0.25) is 0 Å². The molecule has 0 N–H and O–H groups in total. The van der Waals surface area contributed by atoms with Crippen LogP contribution < -0.4 is 9.47 Å². The number of hydrogen-bond donors (Lipinski definition) is 0. The molecule has 6 heteroatoms. The summed E-state index contributed by atoms with van der Waals surface area (Å²) in [5.74, 6) is 1.28. The van der Waals surface area contributed by atoms with E-state index in [2.05, 4.69) is 20.9 Å². The van der Waals surface area contributed by atoms with Gasteiger partial charge in [0.05, 0.1) is 7.11 Å². The van der Waals surface area contributed by atoms with Crippen LogP contribution in [0.25, 0.3) is 6.08 Å². The van der Waals surface area contributed by atoms with E-state index in [1.54, 1.807) is 37.5 Å². The van der Waals surface area contributed by atoms with E-state index in [4.69, 9.17) is 14.2 Å². The number of nitrogens with zero attached hydrogens (tertiary/aromatic N) is 1. The first kappa shape index (κ1) is 19.9. The maximum Gasteiger partial charge on any atom is 0.363 e. The number of cyclic esters (lactones) is 1. The molecule has 0 aromatic heterocycles. The molecule has 5 nitrogen and oxygen atoms in total. The van der Waals surface area contributed by atoms with Crippen molar-refractivity contribution < 1.29 is 19.0 Å². The van der Waals surface area contributed by atoms with E-state index in [9.17, 15) is 4.79 Å². The van der Waals surface area contributed by atoms with Crippen molar-refractivity contribution in [1.82, 2.24) is 0 Å². The molecule has 0 amide bonds. The van der Waals surface area contributed by atoms with Crippen molar-refractivity contribution in [1.29, 1.82) is 0 Å². The van der Waals surface area contributed by atoms with E-state index in [1.165, 1.54) is 0 Å². The van der Waals surface area contributed by atoms with Crippen molar-refractivity contribution in [2.45, 2.75) is 6.61 Å². The van der Waals surface area contributed by atoms with Gasteiger partial charge in [-0.2, -0.15) is 0 Å². The first-order valence-electron chi connectivity index (χ1n) is 9.25. The number of aliphatic imine (C=N–C) groups is 1. The van der Waals surface area contributed by atoms with Gasteiger partial charge in [-0.3, -0.25) is 0 Å². The first-order chi connectivity index (χ1) is 14.6. The summed E-state index contributed by atoms with van der Waals surface area (Å²) >= 11 is 3.42. The molecule has 0 spiro atoms. The van der Waals surface area contributed by atoms with Crippen molar-refractivity contribution >= 4 is 33.9 Å². The van der Waals surface area contributed by atoms with Crippen LogP contribution in [0.1, 0.15) is 16.7 Å². The van der Waals surface area contributed by atoms with Crippen LogP contribution in [-0.2, 0) is 16.1 Å². The van der Waals surface area contributed by atoms with E-state index in [0.29, 0.717) is 12.2 Å². The molecule has 1 aliphatic heterocycles. The fourth-order valence-corrected chi connectivity index (χ4v) is 3.10. The monoisotopic (exact) mass is 463 g/mol. The zero-order valence-electron chi connectivity index (χ0n) is 16.2. The number of halogens is 1. The van der Waals surface area contributed by atoms with Crippen molar-refractivity contribution in [3.05, 3.63) is 99.7 Å². The second kappa shape index (κ2) is 8.97. The minimum absolute atomic E-state index is 0.254. The van der Waals surface area contributed by atoms with Gasteiger partial charge in [-0.15, -0.1) is 0 Å². The summed E-state index contributed by atoms with van der Waals surface area (Å²) in [6.07, 6.45) is 1.69. The average molecular weight is 464 g/mol. The number of methoxy groups -OCH3 is 1. The Hall–Kier alpha value is -3.38. The van der Waals surface area contributed by atoms with Crippen molar-refractivity contribution in [3.63, 3.8) is 0 Å². The van der Waals surface area contributed by atoms with Gasteiger partial charge < -0.3 is 14.2 Å². The van der Waals surface area contributed by atoms with Crippen LogP contribution in [0.15, 0.2) is 88.0 Å². The molecule has 0 bridgehead atoms. The largest absolute Gasteiger partial charge is 0.497 e. The minimum Gasteiger partial charge on any atom is -0.497 e. The van der Waals surface area contributed by atoms with E-state index in [-0.39, 0.29) is 11.6 Å². The van der Waals surface area contributed by atoms with Crippen LogP contribution in [0.3, 0.4) is 0 Å². The molecule has 0 atom stereocenters. The fourth-order valence-electron chi connectivity index (χ4n) is 2.83. The second-order valence-electron chi connectivity index (χ2n) is 6.55. The number of hydrogen-bond acceptors (Lipinski definition) is 5. The normalized spacial score (nSPS) is 14.4. The second-order valence-corrected chi connectivity index (χ2v) is 7.46. The number of benzene rings is 3. The number of ether oxygens (including phenoxy) is 3. The van der Waals surface area contributed by atoms with E-state index in [1.807, 2.05) is 48.5 Å². The zero-order valence-corrected chi connectivity index (χ0v) is 17.8. The summed E-state index contributed by atoms with van der Waals surface area (Å²) in [6.45, 7) is 0.482. The predicted octanol–water partition coefficient (Wildman–Crippen LogP) is 5.38. The molecule has 0 unspecified atom stereocenters. The molecule has 0 saturated carbocycles. The maximum absolute atomic E-state index is 12.2. The Morgan fingerprint density at radius 3 is 2.27 bits per heavy atom. The number of esters is 1. The highest BCUT2D eigenvalue weighted by molar-refractivity contribution is 9.10. The van der Waals surface area contributed by atoms with Crippen molar-refractivity contribution in [2.75, 3.05) is 7.11 Å². The van der Waals surface area contributed by atoms with Gasteiger partial charge in [-0.25, -0.2) is 9.79 Å². The predicted molar refractivity (Wildman–Crippen MR) is 119 cm³/mol. The van der Waals surface area contributed by atoms with Crippen molar-refractivity contribution in [2.24, 2.45) is 4.99 Å². The Labute approximate surface area is 182 Å². The summed E-state index contributed by atoms with van der Waals surface area (Å²) in [6, 6.07) is 22.6. The molecular formula is C24H18BrNO4. The highest BCUT2D eigenvalue weighted by atomic mass is 79.9. The summed E-state index contributed by atoms with van der Waals surface area (Å²) in [5, 5.41) is 0. The highest BCUT2D eigenvalue weighted by Gasteiger charge is 2.24. The van der Waals surface area contributed by atoms with Crippen LogP contribution in [0.5, 0.6) is 11.5 Å². The maximum atomic E-state index is 12.2. The van der Waals surface area contributed by atoms with Crippen LogP contribution in [0.4, 0.5) is 0 Å². The molecule has 0 saturated heterocycles. The number of carbonyl (C=O) groups excluding carboxylic acids is 1. The minimum atomic E-state index is -0.476. The third kappa shape index (κ3) is 4.78. The summed E-state index contributed by atoms with van der Waals surface area (Å²) in [5.41, 5.74) is 2.88. The van der Waals surface area contributed by atoms with Crippen LogP contribution >= 0.6 is 15.9 Å². The zero-order chi connectivity index (χ0) is 20.9. The van der Waals surface area contributed by atoms with Gasteiger partial charge in [-0.1, -0.05) is 40.2 Å². The summed E-state index contributed by atoms with van der Waals surface area (Å²) < 4.78 is 17.3. The molecule has 0 radical (unpaired) electrons. The molecule has 0 aliphatic carbocycles. The van der Waals surface area contributed by atoms with Gasteiger partial charge in [0.25, 0.3) is 0 Å². The van der Waals surface area contributed by atoms with Gasteiger partial charge in [0.1, 0.15) is 18.1 Å². The van der Waals surface area contributed by atoms with Gasteiger partial charge in [0.15, 0.2) is 5.70 Å². The number of rotatable bonds is 6. The first-order valence-corrected chi connectivity index (χ1v) is 10.0. The lowest BCUT2D eigenvalue weighted by atomic mass is 10.2. The number of carbonyl (C=O) groups is 1. The van der Waals surface area contributed by atoms with Gasteiger partial charge in [-0.05, 0) is 65.7 Å². The molecular weight excluding hydrogens is 446 g/mol. The van der Waals surface area contributed by atoms with Crippen LogP contribution in [-0.4, -0.2) is 19.0 Å². The van der Waals surface area contributed by atoms with Gasteiger partial charge >= 0.3 is 5.97 Å². The molecule has 3 aromatic carbocycles. The summed E-state index contributed by atoms with van der Waals surface area (Å²) in [7, 11) is 1.60. The lowest BCUT2D eigenvalue weighted by Crippen LogP contribution is -2.05. The Morgan fingerprint density at radius 1 is 0.933 bits per heavy atom. The summed E-state index contributed by atoms with van der Waals surface area (Å²) in [4.78, 5) is 16.5. The topological polar surface area (TPSA) is 57.1 Å². The van der Waals surface area contributed by atoms with E-state index >= 15 is 0 Å². The average Bonchev–Trinajstić information content (AvgIpc) is 3.14. The fraction of sp³-hybridized carbons (Fsp3) is 0.0833. The lowest BCUT2D eigenvalue weighted by molar-refractivity contribution is -0.129. The Balaban J connectivity index is 1.43. The SMILES string of the molecule is COc1ccc(C2=NC(=Cc3ccc(OCc4ccc(Br)cc4)cc3)C(=O)O2)cc1. The Bertz CT molecular complexity index is 1100. The Kier molecular flexibility index (Phi) is 5.95. The highest BCUT2D eigenvalue weighted by Crippen LogP contribution is 2.22. The third-order valence-electron chi connectivity index (χ3n) is 4.46. The molecule has 1 aliphatic rings. The molecule has 4 rings (SSSR count). The van der Waals surface area contributed by atoms with Crippen molar-refractivity contribution in [3.8, 4) is 11.5 Å².